The monoisotopic (exact) mass is 531 g/mol. The molecule has 38 heavy (non-hydrogen) atoms. The second-order valence-corrected chi connectivity index (χ2v) is 10.3. The fourth-order valence-corrected chi connectivity index (χ4v) is 5.34. The molecule has 2 aromatic rings. The molecule has 0 aromatic heterocycles. The SMILES string of the molecule is Cc1cccc(C)c1OCCOc1ccc(/C=C2/C(=N)N3N=C(CC(=O)N4CCCC4)SC3=NC2=O)cc1. The number of benzene rings is 2. The Morgan fingerprint density at radius 1 is 1.05 bits per heavy atom. The van der Waals surface area contributed by atoms with Crippen LogP contribution in [-0.4, -0.2) is 64.1 Å². The number of carbonyl (C=O) groups excluding carboxylic acids is 2. The zero-order valence-corrected chi connectivity index (χ0v) is 22.2. The Bertz CT molecular complexity index is 1340. The molecule has 1 fully saturated rings. The van der Waals surface area contributed by atoms with Gasteiger partial charge in [0.25, 0.3) is 5.91 Å². The van der Waals surface area contributed by atoms with Gasteiger partial charge in [0, 0.05) is 13.1 Å². The van der Waals surface area contributed by atoms with Gasteiger partial charge in [0.15, 0.2) is 5.84 Å². The quantitative estimate of drug-likeness (QED) is 0.400. The molecule has 3 aliphatic rings. The first-order chi connectivity index (χ1) is 18.4. The van der Waals surface area contributed by atoms with Crippen molar-refractivity contribution in [3.05, 3.63) is 64.7 Å². The van der Waals surface area contributed by atoms with Crippen molar-refractivity contribution in [3.63, 3.8) is 0 Å². The van der Waals surface area contributed by atoms with Gasteiger partial charge in [0.1, 0.15) is 29.8 Å². The van der Waals surface area contributed by atoms with E-state index in [0.29, 0.717) is 29.2 Å². The predicted octanol–water partition coefficient (Wildman–Crippen LogP) is 4.39. The Labute approximate surface area is 225 Å². The lowest BCUT2D eigenvalue weighted by molar-refractivity contribution is -0.128. The number of likely N-dealkylation sites (tertiary alicyclic amines) is 1. The number of hydrogen-bond acceptors (Lipinski definition) is 7. The highest BCUT2D eigenvalue weighted by atomic mass is 32.2. The van der Waals surface area contributed by atoms with Crippen LogP contribution in [0.2, 0.25) is 0 Å². The molecule has 0 atom stereocenters. The number of nitrogens with one attached hydrogen (secondary N) is 1. The normalized spacial score (nSPS) is 18.0. The summed E-state index contributed by atoms with van der Waals surface area (Å²) in [7, 11) is 0. The van der Waals surface area contributed by atoms with Crippen molar-refractivity contribution < 1.29 is 19.1 Å². The number of rotatable bonds is 8. The van der Waals surface area contributed by atoms with E-state index in [0.717, 1.165) is 48.4 Å². The largest absolute Gasteiger partial charge is 0.490 e. The Hall–Kier alpha value is -3.92. The summed E-state index contributed by atoms with van der Waals surface area (Å²) >= 11 is 1.17. The maximum atomic E-state index is 12.7. The predicted molar refractivity (Wildman–Crippen MR) is 149 cm³/mol. The van der Waals surface area contributed by atoms with Crippen molar-refractivity contribution >= 4 is 45.7 Å². The minimum absolute atomic E-state index is 0.0157. The number of thioether (sulfide) groups is 1. The summed E-state index contributed by atoms with van der Waals surface area (Å²) in [6.07, 6.45) is 3.81. The van der Waals surface area contributed by atoms with Crippen LogP contribution in [0.4, 0.5) is 0 Å². The third kappa shape index (κ3) is 5.65. The minimum atomic E-state index is -0.500. The Morgan fingerprint density at radius 2 is 1.74 bits per heavy atom. The molecule has 1 saturated heterocycles. The molecule has 196 valence electrons. The van der Waals surface area contributed by atoms with Gasteiger partial charge in [-0.25, -0.2) is 0 Å². The van der Waals surface area contributed by atoms with E-state index in [1.54, 1.807) is 6.08 Å². The maximum absolute atomic E-state index is 12.7. The third-order valence-corrected chi connectivity index (χ3v) is 7.36. The maximum Gasteiger partial charge on any atom is 0.283 e. The molecule has 3 heterocycles. The van der Waals surface area contributed by atoms with E-state index in [2.05, 4.69) is 10.1 Å². The van der Waals surface area contributed by atoms with Gasteiger partial charge in [-0.15, -0.1) is 0 Å². The van der Waals surface area contributed by atoms with E-state index >= 15 is 0 Å². The molecular weight excluding hydrogens is 502 g/mol. The fraction of sp³-hybridized carbons (Fsp3) is 0.321. The number of amides is 2. The Balaban J connectivity index is 1.18. The van der Waals surface area contributed by atoms with Gasteiger partial charge in [0.2, 0.25) is 11.1 Å². The van der Waals surface area contributed by atoms with E-state index in [4.69, 9.17) is 14.9 Å². The number of hydrazone groups is 1. The van der Waals surface area contributed by atoms with Gasteiger partial charge < -0.3 is 14.4 Å². The minimum Gasteiger partial charge on any atom is -0.490 e. The van der Waals surface area contributed by atoms with Gasteiger partial charge in [0.05, 0.1) is 12.0 Å². The van der Waals surface area contributed by atoms with Crippen molar-refractivity contribution in [1.82, 2.24) is 9.91 Å². The molecule has 10 heteroatoms. The summed E-state index contributed by atoms with van der Waals surface area (Å²) in [5, 5.41) is 15.1. The van der Waals surface area contributed by atoms with Crippen LogP contribution in [0.15, 0.2) is 58.1 Å². The number of ether oxygens (including phenoxy) is 2. The number of aliphatic imine (C=N–C) groups is 1. The Morgan fingerprint density at radius 3 is 2.45 bits per heavy atom. The van der Waals surface area contributed by atoms with Crippen LogP contribution >= 0.6 is 11.8 Å². The average molecular weight is 532 g/mol. The summed E-state index contributed by atoms with van der Waals surface area (Å²) in [5.74, 6) is 1.02. The van der Waals surface area contributed by atoms with Gasteiger partial charge in [-0.3, -0.25) is 15.0 Å². The van der Waals surface area contributed by atoms with Crippen LogP contribution in [0.5, 0.6) is 11.5 Å². The van der Waals surface area contributed by atoms with Crippen molar-refractivity contribution in [3.8, 4) is 11.5 Å². The number of amidine groups is 2. The van der Waals surface area contributed by atoms with E-state index in [1.165, 1.54) is 16.8 Å². The average Bonchev–Trinajstić information content (AvgIpc) is 3.57. The summed E-state index contributed by atoms with van der Waals surface area (Å²) in [4.78, 5) is 31.1. The number of hydrogen-bond donors (Lipinski definition) is 1. The number of aryl methyl sites for hydroxylation is 2. The van der Waals surface area contributed by atoms with E-state index < -0.39 is 5.91 Å². The van der Waals surface area contributed by atoms with Crippen molar-refractivity contribution in [2.75, 3.05) is 26.3 Å². The molecule has 5 rings (SSSR count). The molecule has 2 aromatic carbocycles. The van der Waals surface area contributed by atoms with Crippen LogP contribution in [0.1, 0.15) is 36.0 Å². The van der Waals surface area contributed by atoms with E-state index in [9.17, 15) is 9.59 Å². The number of nitrogens with zero attached hydrogens (tertiary/aromatic N) is 4. The molecule has 1 N–H and O–H groups in total. The molecule has 2 amide bonds. The molecule has 9 nitrogen and oxygen atoms in total. The topological polar surface area (TPSA) is 108 Å². The van der Waals surface area contributed by atoms with Crippen LogP contribution in [0, 0.1) is 19.3 Å². The summed E-state index contributed by atoms with van der Waals surface area (Å²) in [6.45, 7) is 6.39. The van der Waals surface area contributed by atoms with Crippen molar-refractivity contribution in [1.29, 1.82) is 5.41 Å². The molecule has 0 bridgehead atoms. The highest BCUT2D eigenvalue weighted by molar-refractivity contribution is 8.27. The standard InChI is InChI=1S/C28H29N5O4S/c1-18-6-5-7-19(2)25(18)37-15-14-36-21-10-8-20(9-11-21)16-22-26(29)33-28(30-27(22)35)38-23(31-33)17-24(34)32-12-3-4-13-32/h5-11,16,29H,3-4,12-15,17H2,1-2H3/b22-16-,29-26?. The highest BCUT2D eigenvalue weighted by Gasteiger charge is 2.36. The molecular formula is C28H29N5O4S. The third-order valence-electron chi connectivity index (χ3n) is 6.46. The van der Waals surface area contributed by atoms with Gasteiger partial charge in [-0.1, -0.05) is 30.3 Å². The molecule has 0 aliphatic carbocycles. The molecule has 3 aliphatic heterocycles. The smallest absolute Gasteiger partial charge is 0.283 e. The number of carbonyl (C=O) groups is 2. The van der Waals surface area contributed by atoms with Crippen molar-refractivity contribution in [2.24, 2.45) is 10.1 Å². The lowest BCUT2D eigenvalue weighted by Crippen LogP contribution is -2.35. The van der Waals surface area contributed by atoms with Gasteiger partial charge >= 0.3 is 0 Å². The first kappa shape index (κ1) is 25.7. The first-order valence-electron chi connectivity index (χ1n) is 12.6. The molecule has 0 saturated carbocycles. The van der Waals surface area contributed by atoms with Crippen LogP contribution in [0.25, 0.3) is 6.08 Å². The van der Waals surface area contributed by atoms with E-state index in [1.807, 2.05) is 61.2 Å². The Kier molecular flexibility index (Phi) is 7.59. The molecule has 0 unspecified atom stereocenters. The first-order valence-corrected chi connectivity index (χ1v) is 13.4. The van der Waals surface area contributed by atoms with Gasteiger partial charge in [-0.05, 0) is 73.4 Å². The number of fused-ring (bicyclic) bond motifs is 1. The lowest BCUT2D eigenvalue weighted by Gasteiger charge is -2.20. The van der Waals surface area contributed by atoms with Gasteiger partial charge in [-0.2, -0.15) is 15.1 Å². The second kappa shape index (κ2) is 11.2. The molecule has 0 spiro atoms. The molecule has 0 radical (unpaired) electrons. The van der Waals surface area contributed by atoms with Crippen LogP contribution in [-0.2, 0) is 9.59 Å². The summed E-state index contributed by atoms with van der Waals surface area (Å²) < 4.78 is 11.7. The van der Waals surface area contributed by atoms with Crippen LogP contribution in [0.3, 0.4) is 0 Å². The number of para-hydroxylation sites is 1. The summed E-state index contributed by atoms with van der Waals surface area (Å²) in [6, 6.07) is 13.3. The van der Waals surface area contributed by atoms with E-state index in [-0.39, 0.29) is 23.7 Å². The van der Waals surface area contributed by atoms with Crippen molar-refractivity contribution in [2.45, 2.75) is 33.1 Å². The highest BCUT2D eigenvalue weighted by Crippen LogP contribution is 2.30. The zero-order chi connectivity index (χ0) is 26.6. The fourth-order valence-electron chi connectivity index (χ4n) is 4.47. The summed E-state index contributed by atoms with van der Waals surface area (Å²) in [5.41, 5.74) is 3.05. The lowest BCUT2D eigenvalue weighted by atomic mass is 10.1. The second-order valence-electron chi connectivity index (χ2n) is 9.27. The zero-order valence-electron chi connectivity index (χ0n) is 21.4. The van der Waals surface area contributed by atoms with Crippen LogP contribution < -0.4 is 9.47 Å².